The van der Waals surface area contributed by atoms with Gasteiger partial charge in [-0.1, -0.05) is 0 Å². The van der Waals surface area contributed by atoms with Gasteiger partial charge in [-0.25, -0.2) is 8.78 Å². The highest BCUT2D eigenvalue weighted by atomic mass is 79.9. The molecule has 0 aliphatic rings. The Morgan fingerprint density at radius 3 is 2.61 bits per heavy atom. The quantitative estimate of drug-likeness (QED) is 0.819. The molecular weight excluding hydrogens is 306 g/mol. The Balaban J connectivity index is 2.49. The lowest BCUT2D eigenvalue weighted by molar-refractivity contribution is -0.121. The second kappa shape index (κ2) is 6.68. The van der Waals surface area contributed by atoms with Crippen molar-refractivity contribution in [2.24, 2.45) is 0 Å². The van der Waals surface area contributed by atoms with E-state index in [1.807, 2.05) is 13.8 Å². The van der Waals surface area contributed by atoms with Gasteiger partial charge in [0.25, 0.3) is 0 Å². The van der Waals surface area contributed by atoms with Crippen molar-refractivity contribution in [3.05, 3.63) is 28.2 Å². The predicted octanol–water partition coefficient (Wildman–Crippen LogP) is 3.05. The predicted molar refractivity (Wildman–Crippen MR) is 70.4 cm³/mol. The zero-order valence-electron chi connectivity index (χ0n) is 10.2. The maximum absolute atomic E-state index is 13.4. The molecule has 100 valence electrons. The first kappa shape index (κ1) is 14.9. The molecule has 2 N–H and O–H groups in total. The molecule has 1 aromatic rings. The van der Waals surface area contributed by atoms with Crippen molar-refractivity contribution in [3.8, 4) is 0 Å². The van der Waals surface area contributed by atoms with E-state index in [1.54, 1.807) is 0 Å². The van der Waals surface area contributed by atoms with Gasteiger partial charge in [-0.05, 0) is 35.8 Å². The fourth-order valence-corrected chi connectivity index (χ4v) is 1.68. The van der Waals surface area contributed by atoms with Crippen molar-refractivity contribution in [3.63, 3.8) is 0 Å². The van der Waals surface area contributed by atoms with Gasteiger partial charge < -0.3 is 10.6 Å². The zero-order chi connectivity index (χ0) is 13.7. The molecule has 3 nitrogen and oxygen atoms in total. The summed E-state index contributed by atoms with van der Waals surface area (Å²) in [5.41, 5.74) is 0.0491. The van der Waals surface area contributed by atoms with E-state index in [9.17, 15) is 13.6 Å². The summed E-state index contributed by atoms with van der Waals surface area (Å²) >= 11 is 2.89. The van der Waals surface area contributed by atoms with Gasteiger partial charge in [0.1, 0.15) is 11.6 Å². The minimum absolute atomic E-state index is 0.0491. The molecule has 6 heteroatoms. The number of carbonyl (C=O) groups excluding carboxylic acids is 1. The van der Waals surface area contributed by atoms with E-state index in [2.05, 4.69) is 26.6 Å². The minimum Gasteiger partial charge on any atom is -0.382 e. The van der Waals surface area contributed by atoms with E-state index in [0.717, 1.165) is 12.1 Å². The molecule has 0 radical (unpaired) electrons. The van der Waals surface area contributed by atoms with Crippen LogP contribution in [0.15, 0.2) is 16.6 Å². The molecule has 18 heavy (non-hydrogen) atoms. The second-order valence-corrected chi connectivity index (χ2v) is 5.00. The molecule has 1 rings (SSSR count). The van der Waals surface area contributed by atoms with Crippen molar-refractivity contribution in [2.75, 3.05) is 11.9 Å². The van der Waals surface area contributed by atoms with Crippen molar-refractivity contribution in [2.45, 2.75) is 26.3 Å². The number of rotatable bonds is 5. The summed E-state index contributed by atoms with van der Waals surface area (Å²) in [6.07, 6.45) is 0.204. The first-order chi connectivity index (χ1) is 8.40. The second-order valence-electron chi connectivity index (χ2n) is 4.15. The molecule has 0 aliphatic heterocycles. The molecule has 0 aromatic heterocycles. The van der Waals surface area contributed by atoms with Crippen LogP contribution >= 0.6 is 15.9 Å². The Bertz CT molecular complexity index is 438. The van der Waals surface area contributed by atoms with Crippen molar-refractivity contribution >= 4 is 27.5 Å². The molecule has 0 saturated carbocycles. The molecule has 0 fully saturated rings. The molecule has 0 spiro atoms. The number of halogens is 3. The summed E-state index contributed by atoms with van der Waals surface area (Å²) in [6, 6.07) is 2.17. The standard InChI is InChI=1S/C12H15BrF2N2O/c1-7(2)17-12(18)3-4-16-11-6-9(14)8(13)5-10(11)15/h5-7,16H,3-4H2,1-2H3,(H,17,18). The average molecular weight is 321 g/mol. The van der Waals surface area contributed by atoms with Crippen LogP contribution in [-0.2, 0) is 4.79 Å². The molecule has 0 saturated heterocycles. The number of benzene rings is 1. The van der Waals surface area contributed by atoms with E-state index < -0.39 is 11.6 Å². The topological polar surface area (TPSA) is 41.1 Å². The van der Waals surface area contributed by atoms with Gasteiger partial charge in [-0.2, -0.15) is 0 Å². The van der Waals surface area contributed by atoms with E-state index in [0.29, 0.717) is 0 Å². The van der Waals surface area contributed by atoms with Crippen LogP contribution in [0.1, 0.15) is 20.3 Å². The maximum atomic E-state index is 13.4. The number of anilines is 1. The van der Waals surface area contributed by atoms with Gasteiger partial charge in [0.15, 0.2) is 0 Å². The van der Waals surface area contributed by atoms with E-state index >= 15 is 0 Å². The molecular formula is C12H15BrF2N2O. The van der Waals surface area contributed by atoms with E-state index in [4.69, 9.17) is 0 Å². The molecule has 0 heterocycles. The van der Waals surface area contributed by atoms with Crippen LogP contribution in [0.5, 0.6) is 0 Å². The summed E-state index contributed by atoms with van der Waals surface area (Å²) in [5.74, 6) is -1.24. The largest absolute Gasteiger partial charge is 0.382 e. The summed E-state index contributed by atoms with van der Waals surface area (Å²) < 4.78 is 26.7. The van der Waals surface area contributed by atoms with Gasteiger partial charge in [0, 0.05) is 25.1 Å². The van der Waals surface area contributed by atoms with Crippen LogP contribution in [0.3, 0.4) is 0 Å². The van der Waals surface area contributed by atoms with Crippen LogP contribution in [0, 0.1) is 11.6 Å². The highest BCUT2D eigenvalue weighted by Gasteiger charge is 2.08. The molecule has 1 aromatic carbocycles. The lowest BCUT2D eigenvalue weighted by Gasteiger charge is -2.10. The van der Waals surface area contributed by atoms with Crippen molar-refractivity contribution < 1.29 is 13.6 Å². The monoisotopic (exact) mass is 320 g/mol. The maximum Gasteiger partial charge on any atom is 0.221 e. The summed E-state index contributed by atoms with van der Waals surface area (Å²) in [4.78, 5) is 11.3. The highest BCUT2D eigenvalue weighted by Crippen LogP contribution is 2.23. The van der Waals surface area contributed by atoms with Crippen LogP contribution in [0.4, 0.5) is 14.5 Å². The van der Waals surface area contributed by atoms with Gasteiger partial charge in [-0.3, -0.25) is 4.79 Å². The molecule has 0 aliphatic carbocycles. The third-order valence-corrected chi connectivity index (χ3v) is 2.73. The van der Waals surface area contributed by atoms with Crippen LogP contribution in [0.2, 0.25) is 0 Å². The number of carbonyl (C=O) groups is 1. The van der Waals surface area contributed by atoms with Crippen molar-refractivity contribution in [1.82, 2.24) is 5.32 Å². The molecule has 1 amide bonds. The van der Waals surface area contributed by atoms with Crippen LogP contribution in [-0.4, -0.2) is 18.5 Å². The van der Waals surface area contributed by atoms with Gasteiger partial charge in [0.2, 0.25) is 5.91 Å². The Labute approximate surface area is 113 Å². The fraction of sp³-hybridized carbons (Fsp3) is 0.417. The van der Waals surface area contributed by atoms with Crippen LogP contribution in [0.25, 0.3) is 0 Å². The molecule has 0 atom stereocenters. The highest BCUT2D eigenvalue weighted by molar-refractivity contribution is 9.10. The zero-order valence-corrected chi connectivity index (χ0v) is 11.8. The Kier molecular flexibility index (Phi) is 5.53. The Morgan fingerprint density at radius 1 is 1.33 bits per heavy atom. The summed E-state index contributed by atoms with van der Waals surface area (Å²) in [6.45, 7) is 3.96. The molecule has 0 bridgehead atoms. The minimum atomic E-state index is -0.562. The number of amides is 1. The Morgan fingerprint density at radius 2 is 2.00 bits per heavy atom. The van der Waals surface area contributed by atoms with E-state index in [-0.39, 0.29) is 35.1 Å². The third kappa shape index (κ3) is 4.60. The van der Waals surface area contributed by atoms with Gasteiger partial charge in [0.05, 0.1) is 10.2 Å². The average Bonchev–Trinajstić information content (AvgIpc) is 2.24. The Hall–Kier alpha value is -1.17. The lowest BCUT2D eigenvalue weighted by Crippen LogP contribution is -2.31. The summed E-state index contributed by atoms with van der Waals surface area (Å²) in [5, 5.41) is 5.40. The van der Waals surface area contributed by atoms with Crippen LogP contribution < -0.4 is 10.6 Å². The number of hydrogen-bond donors (Lipinski definition) is 2. The normalized spacial score (nSPS) is 10.6. The SMILES string of the molecule is CC(C)NC(=O)CCNc1cc(F)c(Br)cc1F. The lowest BCUT2D eigenvalue weighted by atomic mass is 10.2. The first-order valence-corrected chi connectivity index (χ1v) is 6.37. The first-order valence-electron chi connectivity index (χ1n) is 5.58. The van der Waals surface area contributed by atoms with Gasteiger partial charge in [-0.15, -0.1) is 0 Å². The number of nitrogens with one attached hydrogen (secondary N) is 2. The smallest absolute Gasteiger partial charge is 0.221 e. The third-order valence-electron chi connectivity index (χ3n) is 2.13. The van der Waals surface area contributed by atoms with E-state index in [1.165, 1.54) is 0 Å². The summed E-state index contributed by atoms with van der Waals surface area (Å²) in [7, 11) is 0. The van der Waals surface area contributed by atoms with Gasteiger partial charge >= 0.3 is 0 Å². The number of hydrogen-bond acceptors (Lipinski definition) is 2. The molecule has 0 unspecified atom stereocenters. The fourth-order valence-electron chi connectivity index (χ4n) is 1.36. The van der Waals surface area contributed by atoms with Crippen molar-refractivity contribution in [1.29, 1.82) is 0 Å².